The van der Waals surface area contributed by atoms with Crippen molar-refractivity contribution in [3.63, 3.8) is 0 Å². The standard InChI is InChI=1S/C24H30FN3O/c25-22-8-4-5-9-23(22)27-14-16-28(17-15-27)24(29)19-26-12-10-21(11-13-26)18-20-6-2-1-3-7-20/h1-9,21H,10-19H2. The minimum Gasteiger partial charge on any atom is -0.366 e. The molecule has 0 radical (unpaired) electrons. The fourth-order valence-electron chi connectivity index (χ4n) is 4.49. The molecule has 4 rings (SSSR count). The summed E-state index contributed by atoms with van der Waals surface area (Å²) in [5, 5.41) is 0. The van der Waals surface area contributed by atoms with Crippen molar-refractivity contribution in [1.82, 2.24) is 9.80 Å². The highest BCUT2D eigenvalue weighted by Crippen LogP contribution is 2.23. The molecular weight excluding hydrogens is 365 g/mol. The average molecular weight is 396 g/mol. The van der Waals surface area contributed by atoms with E-state index in [1.165, 1.54) is 11.6 Å². The topological polar surface area (TPSA) is 26.8 Å². The highest BCUT2D eigenvalue weighted by Gasteiger charge is 2.26. The van der Waals surface area contributed by atoms with E-state index in [1.54, 1.807) is 6.07 Å². The van der Waals surface area contributed by atoms with Gasteiger partial charge in [0.25, 0.3) is 0 Å². The summed E-state index contributed by atoms with van der Waals surface area (Å²) in [6.45, 7) is 5.21. The van der Waals surface area contributed by atoms with Crippen molar-refractivity contribution in [2.45, 2.75) is 19.3 Å². The molecule has 2 aromatic carbocycles. The van der Waals surface area contributed by atoms with E-state index in [0.717, 1.165) is 32.4 Å². The molecule has 0 aliphatic carbocycles. The van der Waals surface area contributed by atoms with E-state index < -0.39 is 0 Å². The first-order valence-electron chi connectivity index (χ1n) is 10.7. The molecule has 2 aliphatic heterocycles. The van der Waals surface area contributed by atoms with Gasteiger partial charge >= 0.3 is 0 Å². The second kappa shape index (κ2) is 9.40. The van der Waals surface area contributed by atoms with Gasteiger partial charge < -0.3 is 9.80 Å². The maximum atomic E-state index is 14.0. The SMILES string of the molecule is O=C(CN1CCC(Cc2ccccc2)CC1)N1CCN(c2ccccc2F)CC1. The normalized spacial score (nSPS) is 18.8. The lowest BCUT2D eigenvalue weighted by Gasteiger charge is -2.38. The molecule has 2 fully saturated rings. The van der Waals surface area contributed by atoms with Crippen LogP contribution in [0.3, 0.4) is 0 Å². The fraction of sp³-hybridized carbons (Fsp3) is 0.458. The smallest absolute Gasteiger partial charge is 0.236 e. The third-order valence-electron chi connectivity index (χ3n) is 6.26. The van der Waals surface area contributed by atoms with Gasteiger partial charge in [-0.3, -0.25) is 9.69 Å². The zero-order valence-corrected chi connectivity index (χ0v) is 17.0. The maximum Gasteiger partial charge on any atom is 0.236 e. The van der Waals surface area contributed by atoms with Crippen LogP contribution < -0.4 is 4.90 Å². The molecule has 154 valence electrons. The van der Waals surface area contributed by atoms with Crippen LogP contribution in [0.5, 0.6) is 0 Å². The summed E-state index contributed by atoms with van der Waals surface area (Å²) in [7, 11) is 0. The Morgan fingerprint density at radius 2 is 1.52 bits per heavy atom. The number of piperazine rings is 1. The molecule has 2 aromatic rings. The lowest BCUT2D eigenvalue weighted by Crippen LogP contribution is -2.52. The van der Waals surface area contributed by atoms with E-state index in [0.29, 0.717) is 44.3 Å². The quantitative estimate of drug-likeness (QED) is 0.776. The fourth-order valence-corrected chi connectivity index (χ4v) is 4.49. The van der Waals surface area contributed by atoms with Crippen molar-refractivity contribution >= 4 is 11.6 Å². The lowest BCUT2D eigenvalue weighted by molar-refractivity contribution is -0.133. The number of rotatable bonds is 5. The summed E-state index contributed by atoms with van der Waals surface area (Å²) in [5.41, 5.74) is 2.05. The number of benzene rings is 2. The Bertz CT molecular complexity index is 797. The van der Waals surface area contributed by atoms with Crippen LogP contribution in [-0.2, 0) is 11.2 Å². The van der Waals surface area contributed by atoms with Gasteiger partial charge in [0.2, 0.25) is 5.91 Å². The number of likely N-dealkylation sites (tertiary alicyclic amines) is 1. The number of carbonyl (C=O) groups excluding carboxylic acids is 1. The van der Waals surface area contributed by atoms with Crippen LogP contribution in [0.2, 0.25) is 0 Å². The average Bonchev–Trinajstić information content (AvgIpc) is 2.76. The second-order valence-corrected chi connectivity index (χ2v) is 8.23. The van der Waals surface area contributed by atoms with Crippen LogP contribution in [0.15, 0.2) is 54.6 Å². The zero-order chi connectivity index (χ0) is 20.1. The van der Waals surface area contributed by atoms with Crippen LogP contribution in [0.1, 0.15) is 18.4 Å². The molecule has 0 N–H and O–H groups in total. The third-order valence-corrected chi connectivity index (χ3v) is 6.26. The number of piperidine rings is 1. The van der Waals surface area contributed by atoms with E-state index in [9.17, 15) is 9.18 Å². The summed E-state index contributed by atoms with van der Waals surface area (Å²) in [6.07, 6.45) is 3.45. The molecule has 2 aliphatic rings. The minimum atomic E-state index is -0.189. The number of halogens is 1. The minimum absolute atomic E-state index is 0.189. The van der Waals surface area contributed by atoms with Crippen LogP contribution in [-0.4, -0.2) is 61.5 Å². The van der Waals surface area contributed by atoms with E-state index in [1.807, 2.05) is 21.9 Å². The molecule has 29 heavy (non-hydrogen) atoms. The highest BCUT2D eigenvalue weighted by atomic mass is 19.1. The maximum absolute atomic E-state index is 14.0. The van der Waals surface area contributed by atoms with Crippen molar-refractivity contribution in [3.05, 3.63) is 66.0 Å². The van der Waals surface area contributed by atoms with Gasteiger partial charge in [0.05, 0.1) is 12.2 Å². The molecule has 0 unspecified atom stereocenters. The molecule has 0 saturated carbocycles. The first kappa shape index (κ1) is 19.9. The number of carbonyl (C=O) groups is 1. The summed E-state index contributed by atoms with van der Waals surface area (Å²) < 4.78 is 14.0. The van der Waals surface area contributed by atoms with Crippen molar-refractivity contribution in [2.75, 3.05) is 50.7 Å². The first-order valence-corrected chi connectivity index (χ1v) is 10.7. The number of nitrogens with zero attached hydrogens (tertiary/aromatic N) is 3. The van der Waals surface area contributed by atoms with E-state index >= 15 is 0 Å². The summed E-state index contributed by atoms with van der Waals surface area (Å²) in [4.78, 5) is 19.0. The molecule has 1 amide bonds. The van der Waals surface area contributed by atoms with Gasteiger partial charge in [-0.15, -0.1) is 0 Å². The van der Waals surface area contributed by atoms with Crippen LogP contribution in [0.4, 0.5) is 10.1 Å². The van der Waals surface area contributed by atoms with Gasteiger partial charge in [-0.2, -0.15) is 0 Å². The Morgan fingerprint density at radius 1 is 0.862 bits per heavy atom. The Hall–Kier alpha value is -2.40. The lowest BCUT2D eigenvalue weighted by atomic mass is 9.90. The van der Waals surface area contributed by atoms with Gasteiger partial charge in [-0.05, 0) is 56.0 Å². The molecule has 0 bridgehead atoms. The van der Waals surface area contributed by atoms with E-state index in [-0.39, 0.29) is 11.7 Å². The second-order valence-electron chi connectivity index (χ2n) is 8.23. The Morgan fingerprint density at radius 3 is 2.21 bits per heavy atom. The molecular formula is C24H30FN3O. The molecule has 0 spiro atoms. The first-order chi connectivity index (χ1) is 14.2. The van der Waals surface area contributed by atoms with Gasteiger partial charge in [-0.25, -0.2) is 4.39 Å². The van der Waals surface area contributed by atoms with Gasteiger partial charge in [0, 0.05) is 26.2 Å². The Balaban J connectivity index is 1.20. The van der Waals surface area contributed by atoms with Crippen molar-refractivity contribution in [1.29, 1.82) is 0 Å². The summed E-state index contributed by atoms with van der Waals surface area (Å²) >= 11 is 0. The van der Waals surface area contributed by atoms with Gasteiger partial charge in [0.1, 0.15) is 5.82 Å². The van der Waals surface area contributed by atoms with Gasteiger partial charge in [-0.1, -0.05) is 42.5 Å². The molecule has 0 aromatic heterocycles. The molecule has 2 saturated heterocycles. The predicted molar refractivity (Wildman–Crippen MR) is 115 cm³/mol. The zero-order valence-electron chi connectivity index (χ0n) is 17.0. The molecule has 5 heteroatoms. The summed E-state index contributed by atoms with van der Waals surface area (Å²) in [6, 6.07) is 17.6. The number of anilines is 1. The van der Waals surface area contributed by atoms with E-state index in [4.69, 9.17) is 0 Å². The largest absolute Gasteiger partial charge is 0.366 e. The highest BCUT2D eigenvalue weighted by molar-refractivity contribution is 5.78. The summed E-state index contributed by atoms with van der Waals surface area (Å²) in [5.74, 6) is 0.735. The predicted octanol–water partition coefficient (Wildman–Crippen LogP) is 3.43. The molecule has 0 atom stereocenters. The number of para-hydroxylation sites is 1. The van der Waals surface area contributed by atoms with E-state index in [2.05, 4.69) is 35.2 Å². The van der Waals surface area contributed by atoms with Crippen molar-refractivity contribution in [2.24, 2.45) is 5.92 Å². The Labute approximate surface area is 172 Å². The third kappa shape index (κ3) is 5.15. The van der Waals surface area contributed by atoms with Gasteiger partial charge in [0.15, 0.2) is 0 Å². The molecule has 2 heterocycles. The number of hydrogen-bond acceptors (Lipinski definition) is 3. The number of amides is 1. The van der Waals surface area contributed by atoms with Crippen molar-refractivity contribution in [3.8, 4) is 0 Å². The number of hydrogen-bond donors (Lipinski definition) is 0. The van der Waals surface area contributed by atoms with Crippen LogP contribution in [0.25, 0.3) is 0 Å². The van der Waals surface area contributed by atoms with Crippen LogP contribution in [0, 0.1) is 11.7 Å². The Kier molecular flexibility index (Phi) is 6.45. The molecule has 4 nitrogen and oxygen atoms in total. The van der Waals surface area contributed by atoms with Crippen molar-refractivity contribution < 1.29 is 9.18 Å². The monoisotopic (exact) mass is 395 g/mol. The van der Waals surface area contributed by atoms with Crippen LogP contribution >= 0.6 is 0 Å².